The Balaban J connectivity index is 1.33. The standard InChI is InChI=1S/C42H63N11O3/c1-6-52(7-2)26-16-12-10-14-24-43-40-47-41(44-25-15-11-13-17-27-53(8-3)9-4)49-42(48-40)45-34-19-21-35(22-20-34)50-51-39(31(5)54)37(55)29-32-18-23-36-33(28-32)30-38(56)46-36/h18-23,28,39H,6-17,24-27,29-30H2,1-5H3,(H,46,56)(H3,43,44,45,47,48,49). The third-order valence-electron chi connectivity index (χ3n) is 10.1. The van der Waals surface area contributed by atoms with Crippen molar-refractivity contribution in [2.45, 2.75) is 105 Å². The highest BCUT2D eigenvalue weighted by molar-refractivity contribution is 6.06. The molecule has 4 N–H and O–H groups in total. The third kappa shape index (κ3) is 15.0. The maximum atomic E-state index is 13.1. The summed E-state index contributed by atoms with van der Waals surface area (Å²) in [7, 11) is 0. The fourth-order valence-electron chi connectivity index (χ4n) is 6.63. The quantitative estimate of drug-likeness (QED) is 0.0326. The molecule has 304 valence electrons. The largest absolute Gasteiger partial charge is 0.354 e. The Bertz CT molecular complexity index is 1660. The monoisotopic (exact) mass is 770 g/mol. The number of rotatable bonds is 28. The van der Waals surface area contributed by atoms with E-state index in [1.54, 1.807) is 24.3 Å². The molecule has 0 spiro atoms. The molecule has 1 amide bonds. The number of fused-ring (bicyclic) bond motifs is 1. The van der Waals surface area contributed by atoms with Gasteiger partial charge in [-0.3, -0.25) is 14.4 Å². The maximum absolute atomic E-state index is 13.1. The lowest BCUT2D eigenvalue weighted by molar-refractivity contribution is -0.127. The summed E-state index contributed by atoms with van der Waals surface area (Å²) < 4.78 is 0. The summed E-state index contributed by atoms with van der Waals surface area (Å²) >= 11 is 0. The molecule has 1 aromatic heterocycles. The van der Waals surface area contributed by atoms with Crippen molar-refractivity contribution in [3.63, 3.8) is 0 Å². The molecule has 1 unspecified atom stereocenters. The van der Waals surface area contributed by atoms with Crippen molar-refractivity contribution in [1.29, 1.82) is 0 Å². The van der Waals surface area contributed by atoms with E-state index in [0.29, 0.717) is 23.5 Å². The van der Waals surface area contributed by atoms with E-state index in [-0.39, 0.29) is 30.3 Å². The molecular formula is C42H63N11O3. The summed E-state index contributed by atoms with van der Waals surface area (Å²) in [6.45, 7) is 18.4. The van der Waals surface area contributed by atoms with E-state index in [1.807, 2.05) is 18.2 Å². The highest BCUT2D eigenvalue weighted by Crippen LogP contribution is 2.25. The first-order valence-corrected chi connectivity index (χ1v) is 20.6. The van der Waals surface area contributed by atoms with Gasteiger partial charge in [0.25, 0.3) is 0 Å². The zero-order valence-electron chi connectivity index (χ0n) is 34.2. The molecule has 0 aliphatic carbocycles. The lowest BCUT2D eigenvalue weighted by Gasteiger charge is -2.17. The molecule has 1 aliphatic rings. The molecule has 14 heteroatoms. The molecule has 0 radical (unpaired) electrons. The van der Waals surface area contributed by atoms with Gasteiger partial charge in [0, 0.05) is 30.9 Å². The van der Waals surface area contributed by atoms with Crippen molar-refractivity contribution in [3.8, 4) is 0 Å². The average molecular weight is 770 g/mol. The van der Waals surface area contributed by atoms with Crippen molar-refractivity contribution in [2.24, 2.45) is 10.2 Å². The van der Waals surface area contributed by atoms with Crippen LogP contribution in [-0.2, 0) is 27.2 Å². The number of ketones is 2. The van der Waals surface area contributed by atoms with Gasteiger partial charge >= 0.3 is 0 Å². The number of anilines is 5. The van der Waals surface area contributed by atoms with Crippen LogP contribution in [0.3, 0.4) is 0 Å². The zero-order chi connectivity index (χ0) is 40.1. The Morgan fingerprint density at radius 3 is 1.86 bits per heavy atom. The molecule has 0 saturated carbocycles. The second-order valence-corrected chi connectivity index (χ2v) is 14.3. The van der Waals surface area contributed by atoms with Gasteiger partial charge in [-0.25, -0.2) is 0 Å². The molecule has 3 aromatic rings. The molecule has 0 fully saturated rings. The van der Waals surface area contributed by atoms with Gasteiger partial charge in [0.2, 0.25) is 23.8 Å². The molecular weight excluding hydrogens is 707 g/mol. The van der Waals surface area contributed by atoms with Crippen LogP contribution in [0.2, 0.25) is 0 Å². The number of hydrogen-bond donors (Lipinski definition) is 4. The Morgan fingerprint density at radius 2 is 1.30 bits per heavy atom. The van der Waals surface area contributed by atoms with Crippen LogP contribution in [0, 0.1) is 0 Å². The first kappa shape index (κ1) is 43.9. The van der Waals surface area contributed by atoms with E-state index in [9.17, 15) is 14.4 Å². The van der Waals surface area contributed by atoms with Crippen molar-refractivity contribution in [2.75, 3.05) is 73.6 Å². The molecule has 2 heterocycles. The molecule has 14 nitrogen and oxygen atoms in total. The topological polar surface area (TPSA) is 169 Å². The lowest BCUT2D eigenvalue weighted by Crippen LogP contribution is -2.27. The van der Waals surface area contributed by atoms with E-state index < -0.39 is 6.04 Å². The van der Waals surface area contributed by atoms with Crippen molar-refractivity contribution >= 4 is 52.4 Å². The molecule has 1 atom stereocenters. The molecule has 0 saturated heterocycles. The van der Waals surface area contributed by atoms with Crippen molar-refractivity contribution < 1.29 is 14.4 Å². The number of Topliss-reactive ketones (excluding diaryl/α,β-unsaturated/α-hetero) is 2. The van der Waals surface area contributed by atoms with Gasteiger partial charge in [-0.05, 0) is 113 Å². The highest BCUT2D eigenvalue weighted by atomic mass is 16.2. The normalized spacial score (nSPS) is 12.9. The smallest absolute Gasteiger partial charge is 0.233 e. The zero-order valence-corrected chi connectivity index (χ0v) is 34.2. The predicted octanol–water partition coefficient (Wildman–Crippen LogP) is 7.59. The minimum atomic E-state index is -1.22. The van der Waals surface area contributed by atoms with E-state index in [4.69, 9.17) is 0 Å². The van der Waals surface area contributed by atoms with Crippen LogP contribution >= 0.6 is 0 Å². The molecule has 2 aromatic carbocycles. The number of carbonyl (C=O) groups is 3. The Morgan fingerprint density at radius 1 is 0.750 bits per heavy atom. The number of carbonyl (C=O) groups excluding carboxylic acids is 3. The fraction of sp³-hybridized carbons (Fsp3) is 0.571. The van der Waals surface area contributed by atoms with Crippen molar-refractivity contribution in [3.05, 3.63) is 53.6 Å². The molecule has 0 bridgehead atoms. The molecule has 1 aliphatic heterocycles. The van der Waals surface area contributed by atoms with E-state index >= 15 is 0 Å². The number of nitrogens with zero attached hydrogens (tertiary/aromatic N) is 7. The first-order valence-electron chi connectivity index (χ1n) is 20.6. The van der Waals surface area contributed by atoms with Gasteiger partial charge in [-0.2, -0.15) is 25.2 Å². The van der Waals surface area contributed by atoms with Crippen LogP contribution in [0.4, 0.5) is 34.9 Å². The second kappa shape index (κ2) is 24.0. The summed E-state index contributed by atoms with van der Waals surface area (Å²) in [6.07, 6.45) is 9.45. The summed E-state index contributed by atoms with van der Waals surface area (Å²) in [6, 6.07) is 11.3. The number of hydrogen-bond acceptors (Lipinski definition) is 13. The van der Waals surface area contributed by atoms with Crippen LogP contribution in [0.1, 0.15) is 97.1 Å². The van der Waals surface area contributed by atoms with Crippen LogP contribution in [0.5, 0.6) is 0 Å². The first-order chi connectivity index (χ1) is 27.2. The summed E-state index contributed by atoms with van der Waals surface area (Å²) in [5.41, 5.74) is 3.54. The SMILES string of the molecule is CCN(CC)CCCCCCNc1nc(NCCCCCCN(CC)CC)nc(Nc2ccc(N=NC(C(C)=O)C(=O)Cc3ccc4c(c3)CC(=O)N4)cc2)n1. The number of azo groups is 1. The van der Waals surface area contributed by atoms with Gasteiger partial charge in [-0.15, -0.1) is 0 Å². The predicted molar refractivity (Wildman–Crippen MR) is 226 cm³/mol. The van der Waals surface area contributed by atoms with E-state index in [2.05, 4.69) is 83.9 Å². The second-order valence-electron chi connectivity index (χ2n) is 14.3. The van der Waals surface area contributed by atoms with Crippen LogP contribution in [0.25, 0.3) is 0 Å². The maximum Gasteiger partial charge on any atom is 0.233 e. The van der Waals surface area contributed by atoms with E-state index in [1.165, 1.54) is 32.6 Å². The van der Waals surface area contributed by atoms with Gasteiger partial charge < -0.3 is 31.1 Å². The number of aromatic nitrogens is 3. The number of nitrogens with one attached hydrogen (secondary N) is 4. The van der Waals surface area contributed by atoms with E-state index in [0.717, 1.165) is 101 Å². The Labute approximate surface area is 333 Å². The minimum absolute atomic E-state index is 0.0150. The van der Waals surface area contributed by atoms with Gasteiger partial charge in [0.15, 0.2) is 17.6 Å². The van der Waals surface area contributed by atoms with Crippen LogP contribution < -0.4 is 21.3 Å². The summed E-state index contributed by atoms with van der Waals surface area (Å²) in [4.78, 5) is 56.1. The Hall–Kier alpha value is -4.82. The average Bonchev–Trinajstić information content (AvgIpc) is 3.57. The fourth-order valence-corrected chi connectivity index (χ4v) is 6.63. The van der Waals surface area contributed by atoms with Gasteiger partial charge in [0.1, 0.15) is 0 Å². The molecule has 56 heavy (non-hydrogen) atoms. The Kier molecular flexibility index (Phi) is 18.8. The number of unbranched alkanes of at least 4 members (excludes halogenated alkanes) is 6. The molecule has 4 rings (SSSR count). The minimum Gasteiger partial charge on any atom is -0.354 e. The number of amides is 1. The van der Waals surface area contributed by atoms with Gasteiger partial charge in [-0.1, -0.05) is 65.5 Å². The highest BCUT2D eigenvalue weighted by Gasteiger charge is 2.24. The lowest BCUT2D eigenvalue weighted by atomic mass is 9.99. The number of benzene rings is 2. The summed E-state index contributed by atoms with van der Waals surface area (Å²) in [5, 5.41) is 21.2. The van der Waals surface area contributed by atoms with Crippen LogP contribution in [-0.4, -0.2) is 101 Å². The summed E-state index contributed by atoms with van der Waals surface area (Å²) in [5.74, 6) is 0.626. The van der Waals surface area contributed by atoms with Crippen molar-refractivity contribution in [1.82, 2.24) is 24.8 Å². The van der Waals surface area contributed by atoms with Crippen LogP contribution in [0.15, 0.2) is 52.7 Å². The van der Waals surface area contributed by atoms with Gasteiger partial charge in [0.05, 0.1) is 12.1 Å². The third-order valence-corrected chi connectivity index (χ3v) is 10.1.